The van der Waals surface area contributed by atoms with Gasteiger partial charge in [-0.15, -0.1) is 0 Å². The predicted octanol–water partition coefficient (Wildman–Crippen LogP) is 2.26. The lowest BCUT2D eigenvalue weighted by atomic mass is 9.85. The molecule has 0 aromatic rings. The van der Waals surface area contributed by atoms with Crippen LogP contribution < -0.4 is 16.0 Å². The van der Waals surface area contributed by atoms with E-state index in [-0.39, 0.29) is 37.8 Å². The molecule has 0 saturated carbocycles. The van der Waals surface area contributed by atoms with E-state index in [0.29, 0.717) is 6.42 Å². The molecule has 4 N–H and O–H groups in total. The number of hydrogen-bond acceptors (Lipinski definition) is 8. The molecule has 0 aromatic heterocycles. The van der Waals surface area contributed by atoms with Crippen molar-refractivity contribution in [3.8, 4) is 0 Å². The summed E-state index contributed by atoms with van der Waals surface area (Å²) in [7, 11) is 0. The summed E-state index contributed by atoms with van der Waals surface area (Å²) in [5, 5.41) is 16.2. The van der Waals surface area contributed by atoms with Gasteiger partial charge in [-0.2, -0.15) is 0 Å². The number of carboxylic acids is 1. The highest BCUT2D eigenvalue weighted by atomic mass is 16.5. The van der Waals surface area contributed by atoms with Gasteiger partial charge in [0, 0.05) is 13.0 Å². The van der Waals surface area contributed by atoms with Crippen LogP contribution in [0.25, 0.3) is 0 Å². The Hall–Kier alpha value is -3.22. The molecular formula is C30H52N4O9. The molecule has 1 rings (SSSR count). The number of alkyl carbamates (subject to hydrolysis) is 1. The standard InChI is InChI=1S/C30H52N4O9/c1-17(2)11-12-20(23(37)26(39)31-14-22(35)36)32-25(38)21-13-19(43-30(8,9)10)15-34(21)27(40)24(29(5,6)7)33-28(41)42-16-18(3)4/h17-21,24H,11-16H2,1-10H3,(H,31,39)(H,32,38)(H,33,41)(H,35,36). The van der Waals surface area contributed by atoms with Gasteiger partial charge in [0.05, 0.1) is 24.4 Å². The Balaban J connectivity index is 3.33. The number of nitrogens with zero attached hydrogens (tertiary/aromatic N) is 1. The molecule has 0 spiro atoms. The lowest BCUT2D eigenvalue weighted by molar-refractivity contribution is -0.144. The highest BCUT2D eigenvalue weighted by Gasteiger charge is 2.47. The van der Waals surface area contributed by atoms with E-state index in [2.05, 4.69) is 10.6 Å². The molecule has 13 heteroatoms. The Morgan fingerprint density at radius 1 is 0.907 bits per heavy atom. The van der Waals surface area contributed by atoms with Gasteiger partial charge < -0.3 is 35.4 Å². The predicted molar refractivity (Wildman–Crippen MR) is 159 cm³/mol. The van der Waals surface area contributed by atoms with Crippen molar-refractivity contribution in [1.82, 2.24) is 20.9 Å². The number of ketones is 1. The van der Waals surface area contributed by atoms with Crippen LogP contribution in [-0.2, 0) is 33.4 Å². The molecule has 1 heterocycles. The van der Waals surface area contributed by atoms with E-state index >= 15 is 0 Å². The second-order valence-electron chi connectivity index (χ2n) is 14.0. The third-order valence-electron chi connectivity index (χ3n) is 6.58. The summed E-state index contributed by atoms with van der Waals surface area (Å²) in [5.41, 5.74) is -1.33. The van der Waals surface area contributed by atoms with Crippen molar-refractivity contribution >= 4 is 35.6 Å². The Labute approximate surface area is 255 Å². The molecule has 0 aromatic carbocycles. The largest absolute Gasteiger partial charge is 0.480 e. The average Bonchev–Trinajstić information content (AvgIpc) is 3.27. The van der Waals surface area contributed by atoms with E-state index < -0.39 is 77.4 Å². The van der Waals surface area contributed by atoms with Crippen molar-refractivity contribution in [2.45, 2.75) is 118 Å². The Kier molecular flexibility index (Phi) is 14.1. The number of aliphatic carboxylic acids is 1. The maximum atomic E-state index is 14.0. The number of carboxylic acid groups (broad SMARTS) is 1. The zero-order chi connectivity index (χ0) is 33.3. The fraction of sp³-hybridized carbons (Fsp3) is 0.800. The number of Topliss-reactive ketones (excluding diaryl/α,β-unsaturated/α-hetero) is 1. The van der Waals surface area contributed by atoms with E-state index in [0.717, 1.165) is 0 Å². The van der Waals surface area contributed by atoms with Gasteiger partial charge in [0.1, 0.15) is 18.6 Å². The molecular weight excluding hydrogens is 560 g/mol. The monoisotopic (exact) mass is 612 g/mol. The van der Waals surface area contributed by atoms with Crippen LogP contribution in [0.4, 0.5) is 4.79 Å². The molecule has 0 aliphatic carbocycles. The maximum Gasteiger partial charge on any atom is 0.407 e. The van der Waals surface area contributed by atoms with E-state index in [1.165, 1.54) is 4.90 Å². The Bertz CT molecular complexity index is 1010. The van der Waals surface area contributed by atoms with Crippen LogP contribution in [-0.4, -0.2) is 95.1 Å². The van der Waals surface area contributed by atoms with Crippen LogP contribution in [0.5, 0.6) is 0 Å². The normalized spacial score (nSPS) is 18.7. The summed E-state index contributed by atoms with van der Waals surface area (Å²) >= 11 is 0. The van der Waals surface area contributed by atoms with Crippen LogP contribution in [0.3, 0.4) is 0 Å². The smallest absolute Gasteiger partial charge is 0.407 e. The zero-order valence-corrected chi connectivity index (χ0v) is 27.4. The number of rotatable bonds is 14. The lowest BCUT2D eigenvalue weighted by Gasteiger charge is -2.35. The maximum absolute atomic E-state index is 14.0. The first-order valence-electron chi connectivity index (χ1n) is 14.9. The molecule has 4 atom stereocenters. The van der Waals surface area contributed by atoms with Gasteiger partial charge in [0.25, 0.3) is 5.91 Å². The summed E-state index contributed by atoms with van der Waals surface area (Å²) < 4.78 is 11.4. The third-order valence-corrected chi connectivity index (χ3v) is 6.58. The third kappa shape index (κ3) is 13.3. The van der Waals surface area contributed by atoms with Crippen LogP contribution in [0, 0.1) is 17.3 Å². The summed E-state index contributed by atoms with van der Waals surface area (Å²) in [6.07, 6.45) is -0.507. The number of ether oxygens (including phenoxy) is 2. The highest BCUT2D eigenvalue weighted by Crippen LogP contribution is 2.29. The number of nitrogens with one attached hydrogen (secondary N) is 3. The van der Waals surface area contributed by atoms with Gasteiger partial charge in [-0.25, -0.2) is 4.79 Å². The Morgan fingerprint density at radius 2 is 1.51 bits per heavy atom. The van der Waals surface area contributed by atoms with Crippen molar-refractivity contribution < 1.29 is 43.3 Å². The molecule has 1 aliphatic heterocycles. The number of amides is 4. The lowest BCUT2D eigenvalue weighted by Crippen LogP contribution is -2.59. The minimum atomic E-state index is -1.32. The van der Waals surface area contributed by atoms with E-state index in [4.69, 9.17) is 14.6 Å². The van der Waals surface area contributed by atoms with Crippen molar-refractivity contribution in [3.63, 3.8) is 0 Å². The minimum absolute atomic E-state index is 0.0627. The molecule has 13 nitrogen and oxygen atoms in total. The Morgan fingerprint density at radius 3 is 2.00 bits per heavy atom. The topological polar surface area (TPSA) is 180 Å². The molecule has 43 heavy (non-hydrogen) atoms. The summed E-state index contributed by atoms with van der Waals surface area (Å²) in [6.45, 7) is 18.0. The second-order valence-corrected chi connectivity index (χ2v) is 14.0. The molecule has 4 amide bonds. The number of hydrogen-bond donors (Lipinski definition) is 4. The minimum Gasteiger partial charge on any atom is -0.480 e. The van der Waals surface area contributed by atoms with Crippen LogP contribution in [0.2, 0.25) is 0 Å². The van der Waals surface area contributed by atoms with Crippen molar-refractivity contribution in [3.05, 3.63) is 0 Å². The zero-order valence-electron chi connectivity index (χ0n) is 27.4. The fourth-order valence-corrected chi connectivity index (χ4v) is 4.53. The molecule has 4 unspecified atom stereocenters. The molecule has 0 bridgehead atoms. The van der Waals surface area contributed by atoms with Crippen molar-refractivity contribution in [1.29, 1.82) is 0 Å². The van der Waals surface area contributed by atoms with E-state index in [9.17, 15) is 28.8 Å². The van der Waals surface area contributed by atoms with Crippen LogP contribution in [0.15, 0.2) is 0 Å². The first-order chi connectivity index (χ1) is 19.6. The number of likely N-dealkylation sites (tertiary alicyclic amines) is 1. The second kappa shape index (κ2) is 16.0. The van der Waals surface area contributed by atoms with E-state index in [1.807, 2.05) is 53.8 Å². The molecule has 1 aliphatic rings. The fourth-order valence-electron chi connectivity index (χ4n) is 4.53. The van der Waals surface area contributed by atoms with Crippen LogP contribution >= 0.6 is 0 Å². The first-order valence-corrected chi connectivity index (χ1v) is 14.9. The van der Waals surface area contributed by atoms with Crippen molar-refractivity contribution in [2.24, 2.45) is 17.3 Å². The highest BCUT2D eigenvalue weighted by molar-refractivity contribution is 6.38. The van der Waals surface area contributed by atoms with Crippen LogP contribution in [0.1, 0.15) is 88.5 Å². The summed E-state index contributed by atoms with van der Waals surface area (Å²) in [6, 6.07) is -3.34. The van der Waals surface area contributed by atoms with E-state index in [1.54, 1.807) is 20.8 Å². The van der Waals surface area contributed by atoms with Gasteiger partial charge in [-0.1, -0.05) is 48.5 Å². The summed E-state index contributed by atoms with van der Waals surface area (Å²) in [5.74, 6) is -4.34. The van der Waals surface area contributed by atoms with Gasteiger partial charge in [-0.3, -0.25) is 24.0 Å². The molecule has 1 saturated heterocycles. The average molecular weight is 613 g/mol. The van der Waals surface area contributed by atoms with Gasteiger partial charge >= 0.3 is 12.1 Å². The van der Waals surface area contributed by atoms with Gasteiger partial charge in [0.2, 0.25) is 17.6 Å². The summed E-state index contributed by atoms with van der Waals surface area (Å²) in [4.78, 5) is 77.9. The quantitative estimate of drug-likeness (QED) is 0.214. The molecule has 246 valence electrons. The SMILES string of the molecule is CC(C)CCC(NC(=O)C1CC(OC(C)(C)C)CN1C(=O)C(NC(=O)OCC(C)C)C(C)(C)C)C(=O)C(=O)NCC(=O)O. The van der Waals surface area contributed by atoms with Gasteiger partial charge in [-0.05, 0) is 50.9 Å². The van der Waals surface area contributed by atoms with Crippen molar-refractivity contribution in [2.75, 3.05) is 19.7 Å². The first kappa shape index (κ1) is 37.8. The number of carbonyl (C=O) groups is 6. The number of carbonyl (C=O) groups excluding carboxylic acids is 5. The molecule has 0 radical (unpaired) electrons. The molecule has 1 fully saturated rings. The van der Waals surface area contributed by atoms with Gasteiger partial charge in [0.15, 0.2) is 0 Å².